The lowest BCUT2D eigenvalue weighted by molar-refractivity contribution is 0.0973. The Labute approximate surface area is 180 Å². The van der Waals surface area contributed by atoms with Crippen LogP contribution in [-0.4, -0.2) is 55.3 Å². The molecular formula is C21H26N6S2. The van der Waals surface area contributed by atoms with E-state index in [0.29, 0.717) is 6.04 Å². The van der Waals surface area contributed by atoms with Crippen LogP contribution in [-0.2, 0) is 13.2 Å². The number of hydrogen-bond acceptors (Lipinski definition) is 6. The first-order valence-electron chi connectivity index (χ1n) is 10.3. The molecule has 29 heavy (non-hydrogen) atoms. The molecule has 152 valence electrons. The molecule has 1 aliphatic heterocycles. The minimum atomic E-state index is 0.590. The number of benzene rings is 1. The summed E-state index contributed by atoms with van der Waals surface area (Å²) in [6.07, 6.45) is 2.48. The monoisotopic (exact) mass is 426 g/mol. The number of nitrogens with zero attached hydrogens (tertiary/aromatic N) is 6. The smallest absolute Gasteiger partial charge is 0.199 e. The van der Waals surface area contributed by atoms with Crippen molar-refractivity contribution in [1.82, 2.24) is 29.1 Å². The Morgan fingerprint density at radius 3 is 2.52 bits per heavy atom. The summed E-state index contributed by atoms with van der Waals surface area (Å²) in [7, 11) is 0. The van der Waals surface area contributed by atoms with Crippen molar-refractivity contribution in [3.05, 3.63) is 52.0 Å². The van der Waals surface area contributed by atoms with E-state index in [-0.39, 0.29) is 0 Å². The Morgan fingerprint density at radius 1 is 1.07 bits per heavy atom. The average Bonchev–Trinajstić information content (AvgIpc) is 3.39. The highest BCUT2D eigenvalue weighted by molar-refractivity contribution is 7.71. The van der Waals surface area contributed by atoms with Gasteiger partial charge in [-0.2, -0.15) is 5.10 Å². The maximum absolute atomic E-state index is 5.67. The molecule has 3 heterocycles. The first-order valence-corrected chi connectivity index (χ1v) is 11.6. The number of rotatable bonds is 6. The first kappa shape index (κ1) is 19.1. The molecule has 0 radical (unpaired) electrons. The van der Waals surface area contributed by atoms with Crippen molar-refractivity contribution >= 4 is 23.6 Å². The molecule has 1 saturated carbocycles. The molecule has 0 N–H and O–H groups in total. The SMILES string of the molecule is Cc1nn(CN2CCN(Cc3csc(-c4ccccc4)n3)CC2)c(=S)n1C1CC1. The fourth-order valence-corrected chi connectivity index (χ4v) is 5.17. The zero-order valence-corrected chi connectivity index (χ0v) is 18.3. The minimum Gasteiger partial charge on any atom is -0.301 e. The van der Waals surface area contributed by atoms with Crippen molar-refractivity contribution in [3.63, 3.8) is 0 Å². The van der Waals surface area contributed by atoms with Crippen LogP contribution < -0.4 is 0 Å². The first-order chi connectivity index (χ1) is 14.2. The third-order valence-electron chi connectivity index (χ3n) is 5.71. The number of aromatic nitrogens is 4. The second-order valence-corrected chi connectivity index (χ2v) is 9.20. The van der Waals surface area contributed by atoms with Gasteiger partial charge in [-0.3, -0.25) is 9.80 Å². The number of piperazine rings is 1. The third-order valence-corrected chi connectivity index (χ3v) is 7.06. The number of hydrogen-bond donors (Lipinski definition) is 0. The summed E-state index contributed by atoms with van der Waals surface area (Å²) >= 11 is 7.40. The lowest BCUT2D eigenvalue weighted by atomic mass is 10.2. The van der Waals surface area contributed by atoms with Gasteiger partial charge >= 0.3 is 0 Å². The van der Waals surface area contributed by atoms with Gasteiger partial charge in [0.05, 0.1) is 12.4 Å². The van der Waals surface area contributed by atoms with Gasteiger partial charge in [0, 0.05) is 49.7 Å². The van der Waals surface area contributed by atoms with Crippen molar-refractivity contribution < 1.29 is 0 Å². The van der Waals surface area contributed by atoms with Gasteiger partial charge in [-0.05, 0) is 32.0 Å². The lowest BCUT2D eigenvalue weighted by Crippen LogP contribution is -2.46. The predicted molar refractivity (Wildman–Crippen MR) is 118 cm³/mol. The maximum Gasteiger partial charge on any atom is 0.199 e. The Bertz CT molecular complexity index is 1030. The van der Waals surface area contributed by atoms with E-state index in [1.54, 1.807) is 11.3 Å². The van der Waals surface area contributed by atoms with Crippen molar-refractivity contribution in [2.24, 2.45) is 0 Å². The molecule has 0 atom stereocenters. The normalized spacial score (nSPS) is 18.4. The second kappa shape index (κ2) is 8.10. The highest BCUT2D eigenvalue weighted by atomic mass is 32.1. The molecule has 2 aliphatic rings. The van der Waals surface area contributed by atoms with Crippen LogP contribution in [0.4, 0.5) is 0 Å². The van der Waals surface area contributed by atoms with Crippen LogP contribution in [0.15, 0.2) is 35.7 Å². The van der Waals surface area contributed by atoms with E-state index in [0.717, 1.165) is 55.0 Å². The van der Waals surface area contributed by atoms with Gasteiger partial charge in [0.1, 0.15) is 10.8 Å². The van der Waals surface area contributed by atoms with Crippen molar-refractivity contribution in [1.29, 1.82) is 0 Å². The molecule has 1 saturated heterocycles. The molecule has 0 spiro atoms. The lowest BCUT2D eigenvalue weighted by Gasteiger charge is -2.34. The van der Waals surface area contributed by atoms with Crippen LogP contribution in [0.3, 0.4) is 0 Å². The quantitative estimate of drug-likeness (QED) is 0.558. The summed E-state index contributed by atoms with van der Waals surface area (Å²) in [6, 6.07) is 11.0. The molecule has 3 aromatic rings. The molecule has 0 bridgehead atoms. The van der Waals surface area contributed by atoms with E-state index < -0.39 is 0 Å². The minimum absolute atomic E-state index is 0.590. The number of thiazole rings is 1. The fraction of sp³-hybridized carbons (Fsp3) is 0.476. The average molecular weight is 427 g/mol. The van der Waals surface area contributed by atoms with Gasteiger partial charge in [0.15, 0.2) is 4.77 Å². The molecule has 8 heteroatoms. The Hall–Kier alpha value is -1.87. The molecule has 1 aliphatic carbocycles. The summed E-state index contributed by atoms with van der Waals surface area (Å²) in [5.41, 5.74) is 2.37. The van der Waals surface area contributed by atoms with E-state index >= 15 is 0 Å². The van der Waals surface area contributed by atoms with Crippen molar-refractivity contribution in [2.75, 3.05) is 26.2 Å². The third kappa shape index (κ3) is 4.21. The summed E-state index contributed by atoms with van der Waals surface area (Å²) < 4.78 is 5.12. The molecular weight excluding hydrogens is 400 g/mol. The van der Waals surface area contributed by atoms with Crippen molar-refractivity contribution in [3.8, 4) is 10.6 Å². The van der Waals surface area contributed by atoms with Crippen LogP contribution in [0.25, 0.3) is 10.6 Å². The largest absolute Gasteiger partial charge is 0.301 e. The van der Waals surface area contributed by atoms with E-state index in [1.165, 1.54) is 24.1 Å². The summed E-state index contributed by atoms with van der Waals surface area (Å²) in [4.78, 5) is 9.78. The Balaban J connectivity index is 1.16. The van der Waals surface area contributed by atoms with Crippen LogP contribution in [0.2, 0.25) is 0 Å². The van der Waals surface area contributed by atoms with Gasteiger partial charge in [-0.1, -0.05) is 30.3 Å². The van der Waals surface area contributed by atoms with Gasteiger partial charge in [0.2, 0.25) is 0 Å². The zero-order valence-electron chi connectivity index (χ0n) is 16.7. The van der Waals surface area contributed by atoms with Crippen LogP contribution >= 0.6 is 23.6 Å². The molecule has 0 amide bonds. The van der Waals surface area contributed by atoms with Crippen LogP contribution in [0, 0.1) is 11.7 Å². The molecule has 5 rings (SSSR count). The van der Waals surface area contributed by atoms with Crippen molar-refractivity contribution in [2.45, 2.75) is 39.0 Å². The Morgan fingerprint density at radius 2 is 1.79 bits per heavy atom. The summed E-state index contributed by atoms with van der Waals surface area (Å²) in [5, 5.41) is 8.00. The van der Waals surface area contributed by atoms with Gasteiger partial charge < -0.3 is 4.57 Å². The van der Waals surface area contributed by atoms with E-state index in [1.807, 2.05) is 10.7 Å². The van der Waals surface area contributed by atoms with Gasteiger partial charge in [-0.25, -0.2) is 9.67 Å². The highest BCUT2D eigenvalue weighted by Gasteiger charge is 2.27. The second-order valence-electron chi connectivity index (χ2n) is 7.98. The standard InChI is InChI=1S/C21H26N6S2/c1-16-23-26(21(28)27(16)19-7-8-19)15-25-11-9-24(10-12-25)13-18-14-29-20(22-18)17-5-3-2-4-6-17/h2-6,14,19H,7-13,15H2,1H3. The van der Waals surface area contributed by atoms with Gasteiger partial charge in [0.25, 0.3) is 0 Å². The zero-order chi connectivity index (χ0) is 19.8. The van der Waals surface area contributed by atoms with E-state index in [2.05, 4.69) is 50.9 Å². The molecule has 1 aromatic carbocycles. The van der Waals surface area contributed by atoms with Gasteiger partial charge in [-0.15, -0.1) is 11.3 Å². The highest BCUT2D eigenvalue weighted by Crippen LogP contribution is 2.36. The molecule has 2 aromatic heterocycles. The summed E-state index contributed by atoms with van der Waals surface area (Å²) in [5.74, 6) is 1.05. The van der Waals surface area contributed by atoms with E-state index in [4.69, 9.17) is 22.3 Å². The van der Waals surface area contributed by atoms with Crippen LogP contribution in [0.5, 0.6) is 0 Å². The molecule has 2 fully saturated rings. The molecule has 6 nitrogen and oxygen atoms in total. The Kier molecular flexibility index (Phi) is 5.34. The fourth-order valence-electron chi connectivity index (χ4n) is 3.97. The number of aryl methyl sites for hydroxylation is 1. The van der Waals surface area contributed by atoms with Crippen LogP contribution in [0.1, 0.15) is 30.4 Å². The maximum atomic E-state index is 5.67. The molecule has 0 unspecified atom stereocenters. The predicted octanol–water partition coefficient (Wildman–Crippen LogP) is 3.96. The van der Waals surface area contributed by atoms with E-state index in [9.17, 15) is 0 Å². The topological polar surface area (TPSA) is 42.1 Å². The summed E-state index contributed by atoms with van der Waals surface area (Å²) in [6.45, 7) is 7.95.